The average Bonchev–Trinajstić information content (AvgIpc) is 3.42. The fourth-order valence-corrected chi connectivity index (χ4v) is 5.46. The van der Waals surface area contributed by atoms with Crippen LogP contribution in [0.2, 0.25) is 0 Å². The summed E-state index contributed by atoms with van der Waals surface area (Å²) in [5.41, 5.74) is 7.04. The molecule has 0 spiro atoms. The minimum absolute atomic E-state index is 0.0649. The molecular formula is C32H35N3O5. The lowest BCUT2D eigenvalue weighted by molar-refractivity contribution is -0.129. The third kappa shape index (κ3) is 5.01. The molecule has 8 heteroatoms. The Hall–Kier alpha value is -4.33. The monoisotopic (exact) mass is 541 g/mol. The molecule has 0 fully saturated rings. The van der Waals surface area contributed by atoms with Crippen molar-refractivity contribution in [3.05, 3.63) is 81.6 Å². The fraction of sp³-hybridized carbons (Fsp3) is 0.344. The quantitative estimate of drug-likeness (QED) is 0.444. The van der Waals surface area contributed by atoms with Crippen LogP contribution in [-0.2, 0) is 56.1 Å². The number of benzene rings is 2. The van der Waals surface area contributed by atoms with E-state index in [2.05, 4.69) is 12.1 Å². The summed E-state index contributed by atoms with van der Waals surface area (Å²) in [7, 11) is 1.49. The summed E-state index contributed by atoms with van der Waals surface area (Å²) < 4.78 is 0. The van der Waals surface area contributed by atoms with E-state index in [9.17, 15) is 24.0 Å². The summed E-state index contributed by atoms with van der Waals surface area (Å²) in [6.07, 6.45) is 6.99. The van der Waals surface area contributed by atoms with Crippen LogP contribution in [0.15, 0.2) is 48.2 Å². The molecule has 0 unspecified atom stereocenters. The van der Waals surface area contributed by atoms with Gasteiger partial charge in [-0.2, -0.15) is 0 Å². The second-order valence-electron chi connectivity index (χ2n) is 10.0. The Labute approximate surface area is 234 Å². The van der Waals surface area contributed by atoms with Crippen LogP contribution in [0, 0.1) is 0 Å². The molecule has 2 aromatic carbocycles. The van der Waals surface area contributed by atoms with Crippen molar-refractivity contribution in [2.75, 3.05) is 16.8 Å². The predicted molar refractivity (Wildman–Crippen MR) is 154 cm³/mol. The van der Waals surface area contributed by atoms with E-state index in [1.54, 1.807) is 0 Å². The summed E-state index contributed by atoms with van der Waals surface area (Å²) in [5, 5.41) is 0. The summed E-state index contributed by atoms with van der Waals surface area (Å²) >= 11 is 0. The second kappa shape index (κ2) is 11.4. The van der Waals surface area contributed by atoms with Crippen LogP contribution in [0.4, 0.5) is 11.4 Å². The molecule has 8 nitrogen and oxygen atoms in total. The van der Waals surface area contributed by atoms with E-state index in [-0.39, 0.29) is 23.4 Å². The zero-order chi connectivity index (χ0) is 29.3. The van der Waals surface area contributed by atoms with Crippen LogP contribution < -0.4 is 9.80 Å². The molecule has 0 aromatic heterocycles. The summed E-state index contributed by atoms with van der Waals surface area (Å²) in [6, 6.07) is 8.17. The molecule has 2 aliphatic heterocycles. The molecule has 40 heavy (non-hydrogen) atoms. The Morgan fingerprint density at radius 2 is 1.07 bits per heavy atom. The smallest absolute Gasteiger partial charge is 0.282 e. The minimum atomic E-state index is -0.504. The number of nitrogens with zero attached hydrogens (tertiary/aromatic N) is 3. The molecule has 4 rings (SSSR count). The maximum atomic E-state index is 13.3. The van der Waals surface area contributed by atoms with Crippen molar-refractivity contribution >= 4 is 40.9 Å². The van der Waals surface area contributed by atoms with E-state index in [0.717, 1.165) is 33.4 Å². The second-order valence-corrected chi connectivity index (χ2v) is 10.0. The van der Waals surface area contributed by atoms with Gasteiger partial charge in [0.15, 0.2) is 0 Å². The number of carbonyl (C=O) groups excluding carboxylic acids is 5. The van der Waals surface area contributed by atoms with Crippen molar-refractivity contribution in [2.24, 2.45) is 0 Å². The third-order valence-electron chi connectivity index (χ3n) is 7.58. The lowest BCUT2D eigenvalue weighted by Gasteiger charge is -2.25. The molecule has 208 valence electrons. The van der Waals surface area contributed by atoms with Crippen LogP contribution >= 0.6 is 0 Å². The highest BCUT2D eigenvalue weighted by Crippen LogP contribution is 2.35. The largest absolute Gasteiger partial charge is 0.311 e. The number of anilines is 2. The number of imide groups is 2. The number of rotatable bonds is 9. The van der Waals surface area contributed by atoms with Crippen LogP contribution in [-0.4, -0.2) is 41.5 Å². The number of amides is 5. The topological polar surface area (TPSA) is 95.1 Å². The molecule has 2 aliphatic rings. The third-order valence-corrected chi connectivity index (χ3v) is 7.58. The van der Waals surface area contributed by atoms with Gasteiger partial charge in [-0.3, -0.25) is 24.0 Å². The molecular weight excluding hydrogens is 506 g/mol. The molecule has 0 atom stereocenters. The van der Waals surface area contributed by atoms with Gasteiger partial charge >= 0.3 is 0 Å². The van der Waals surface area contributed by atoms with Gasteiger partial charge in [-0.05, 0) is 65.5 Å². The number of carbonyl (C=O) groups is 5. The Morgan fingerprint density at radius 3 is 1.45 bits per heavy atom. The van der Waals surface area contributed by atoms with E-state index in [1.165, 1.54) is 46.9 Å². The van der Waals surface area contributed by atoms with E-state index in [0.29, 0.717) is 43.5 Å². The highest BCUT2D eigenvalue weighted by Gasteiger charge is 2.37. The zero-order valence-corrected chi connectivity index (χ0v) is 24.0. The molecule has 0 bridgehead atoms. The molecule has 2 aromatic rings. The Morgan fingerprint density at radius 1 is 0.675 bits per heavy atom. The van der Waals surface area contributed by atoms with Crippen molar-refractivity contribution in [2.45, 2.75) is 66.7 Å². The van der Waals surface area contributed by atoms with Gasteiger partial charge < -0.3 is 4.90 Å². The van der Waals surface area contributed by atoms with Gasteiger partial charge in [0.2, 0.25) is 5.91 Å². The predicted octanol–water partition coefficient (Wildman–Crippen LogP) is 4.19. The highest BCUT2D eigenvalue weighted by atomic mass is 16.2. The lowest BCUT2D eigenvalue weighted by atomic mass is 9.92. The van der Waals surface area contributed by atoms with Gasteiger partial charge in [0, 0.05) is 32.2 Å². The molecule has 5 amide bonds. The van der Waals surface area contributed by atoms with Crippen molar-refractivity contribution in [3.63, 3.8) is 0 Å². The Bertz CT molecular complexity index is 1430. The maximum absolute atomic E-state index is 13.3. The average molecular weight is 542 g/mol. The maximum Gasteiger partial charge on any atom is 0.282 e. The molecule has 0 N–H and O–H groups in total. The first-order chi connectivity index (χ1) is 19.1. The lowest BCUT2D eigenvalue weighted by Crippen LogP contribution is -2.36. The number of aryl methyl sites for hydroxylation is 4. The normalized spacial score (nSPS) is 15.0. The van der Waals surface area contributed by atoms with Crippen molar-refractivity contribution in [3.8, 4) is 0 Å². The standard InChI is InChI=1S/C32H35N3O5/c1-7-22-14-20(15-23(8-2)30(22)34-27(37)11-12-28(34)38)13-21-16-24(9-3)31(25(10-4)17-21)35-29(39)18-26(32(35)40)33(6)19(5)36/h11-12,14-18H,7-10,13H2,1-6H3. The van der Waals surface area contributed by atoms with E-state index in [4.69, 9.17) is 0 Å². The van der Waals surface area contributed by atoms with Gasteiger partial charge in [-0.25, -0.2) is 9.80 Å². The molecule has 0 saturated carbocycles. The van der Waals surface area contributed by atoms with Crippen LogP contribution in [0.25, 0.3) is 0 Å². The number of hydrogen-bond donors (Lipinski definition) is 0. The fourth-order valence-electron chi connectivity index (χ4n) is 5.46. The van der Waals surface area contributed by atoms with Gasteiger partial charge in [-0.1, -0.05) is 52.0 Å². The van der Waals surface area contributed by atoms with Gasteiger partial charge in [-0.15, -0.1) is 0 Å². The van der Waals surface area contributed by atoms with E-state index in [1.807, 2.05) is 39.8 Å². The highest BCUT2D eigenvalue weighted by molar-refractivity contribution is 6.31. The van der Waals surface area contributed by atoms with Crippen molar-refractivity contribution in [1.29, 1.82) is 0 Å². The Balaban J connectivity index is 1.73. The molecule has 0 radical (unpaired) electrons. The molecule has 0 saturated heterocycles. The zero-order valence-electron chi connectivity index (χ0n) is 24.0. The van der Waals surface area contributed by atoms with Gasteiger partial charge in [0.25, 0.3) is 23.6 Å². The van der Waals surface area contributed by atoms with Crippen molar-refractivity contribution < 1.29 is 24.0 Å². The van der Waals surface area contributed by atoms with E-state index < -0.39 is 11.8 Å². The Kier molecular flexibility index (Phi) is 8.18. The number of hydrogen-bond acceptors (Lipinski definition) is 5. The summed E-state index contributed by atoms with van der Waals surface area (Å²) in [6.45, 7) is 9.34. The SMILES string of the molecule is CCc1cc(Cc2cc(CC)c(N3C(=O)C=C(N(C)C(C)=O)C3=O)c(CC)c2)cc(CC)c1N1C(=O)C=CC1=O. The molecule has 0 aliphatic carbocycles. The summed E-state index contributed by atoms with van der Waals surface area (Å²) in [5.74, 6) is -1.93. The minimum Gasteiger partial charge on any atom is -0.311 e. The van der Waals surface area contributed by atoms with Gasteiger partial charge in [0.1, 0.15) is 5.70 Å². The molecule has 2 heterocycles. The van der Waals surface area contributed by atoms with Crippen LogP contribution in [0.5, 0.6) is 0 Å². The summed E-state index contributed by atoms with van der Waals surface area (Å²) in [4.78, 5) is 66.7. The first-order valence-electron chi connectivity index (χ1n) is 13.8. The van der Waals surface area contributed by atoms with Crippen molar-refractivity contribution in [1.82, 2.24) is 4.90 Å². The first-order valence-corrected chi connectivity index (χ1v) is 13.8. The van der Waals surface area contributed by atoms with Gasteiger partial charge in [0.05, 0.1) is 11.4 Å². The van der Waals surface area contributed by atoms with E-state index >= 15 is 0 Å². The number of likely N-dealkylation sites (N-methyl/N-ethyl adjacent to an activating group) is 1. The van der Waals surface area contributed by atoms with Crippen LogP contribution in [0.3, 0.4) is 0 Å². The van der Waals surface area contributed by atoms with Crippen LogP contribution in [0.1, 0.15) is 68.0 Å². The first kappa shape index (κ1) is 28.7.